The van der Waals surface area contributed by atoms with Gasteiger partial charge in [-0.15, -0.1) is 0 Å². The van der Waals surface area contributed by atoms with Crippen molar-refractivity contribution >= 4 is 21.9 Å². The van der Waals surface area contributed by atoms with Gasteiger partial charge in [-0.25, -0.2) is 0 Å². The molecule has 0 aromatic heterocycles. The smallest absolute Gasteiger partial charge is 0.387 e. The predicted octanol–water partition coefficient (Wildman–Crippen LogP) is 3.64. The van der Waals surface area contributed by atoms with E-state index in [4.69, 9.17) is 5.11 Å². The number of rotatable bonds is 8. The van der Waals surface area contributed by atoms with Gasteiger partial charge in [-0.1, -0.05) is 15.9 Å². The summed E-state index contributed by atoms with van der Waals surface area (Å²) in [6, 6.07) is 4.77. The molecule has 0 aliphatic heterocycles. The first-order valence-electron chi connectivity index (χ1n) is 6.40. The van der Waals surface area contributed by atoms with Crippen molar-refractivity contribution in [2.45, 2.75) is 33.4 Å². The van der Waals surface area contributed by atoms with Crippen molar-refractivity contribution in [2.75, 3.05) is 6.54 Å². The summed E-state index contributed by atoms with van der Waals surface area (Å²) in [5, 5.41) is 12.0. The topological polar surface area (TPSA) is 58.6 Å². The number of carbonyl (C=O) groups is 1. The number of ether oxygens (including phenoxy) is 1. The highest BCUT2D eigenvalue weighted by Gasteiger charge is 2.26. The van der Waals surface area contributed by atoms with Gasteiger partial charge in [-0.3, -0.25) is 4.79 Å². The Morgan fingerprint density at radius 2 is 2.14 bits per heavy atom. The molecule has 118 valence electrons. The fourth-order valence-electron chi connectivity index (χ4n) is 1.63. The summed E-state index contributed by atoms with van der Waals surface area (Å²) in [7, 11) is 0. The molecule has 0 atom stereocenters. The lowest BCUT2D eigenvalue weighted by atomic mass is 9.90. The zero-order valence-corrected chi connectivity index (χ0v) is 13.4. The van der Waals surface area contributed by atoms with Crippen LogP contribution in [0.4, 0.5) is 8.78 Å². The van der Waals surface area contributed by atoms with E-state index in [0.717, 1.165) is 4.47 Å². The maximum Gasteiger partial charge on any atom is 0.387 e. The van der Waals surface area contributed by atoms with E-state index in [1.165, 1.54) is 6.07 Å². The summed E-state index contributed by atoms with van der Waals surface area (Å²) in [4.78, 5) is 11.0. The Morgan fingerprint density at radius 3 is 2.71 bits per heavy atom. The molecular weight excluding hydrogens is 348 g/mol. The van der Waals surface area contributed by atoms with E-state index in [1.807, 2.05) is 0 Å². The molecule has 0 saturated carbocycles. The van der Waals surface area contributed by atoms with Crippen molar-refractivity contribution in [3.63, 3.8) is 0 Å². The van der Waals surface area contributed by atoms with Crippen LogP contribution in [-0.4, -0.2) is 24.2 Å². The van der Waals surface area contributed by atoms with Gasteiger partial charge in [0.05, 0.1) is 5.41 Å². The van der Waals surface area contributed by atoms with Gasteiger partial charge in [0.25, 0.3) is 0 Å². The summed E-state index contributed by atoms with van der Waals surface area (Å²) in [6.07, 6.45) is 0.432. The Morgan fingerprint density at radius 1 is 1.48 bits per heavy atom. The predicted molar refractivity (Wildman–Crippen MR) is 78.5 cm³/mol. The molecule has 1 rings (SSSR count). The largest absolute Gasteiger partial charge is 0.481 e. The molecule has 1 aromatic rings. The highest BCUT2D eigenvalue weighted by atomic mass is 79.9. The molecule has 1 aromatic carbocycles. The molecule has 0 radical (unpaired) electrons. The van der Waals surface area contributed by atoms with Crippen molar-refractivity contribution in [1.82, 2.24) is 5.32 Å². The average molecular weight is 366 g/mol. The number of benzene rings is 1. The summed E-state index contributed by atoms with van der Waals surface area (Å²) < 4.78 is 29.8. The molecule has 0 saturated heterocycles. The third-order valence-corrected chi connectivity index (χ3v) is 3.55. The molecule has 0 amide bonds. The molecule has 0 spiro atoms. The molecule has 0 aliphatic carbocycles. The zero-order chi connectivity index (χ0) is 16.0. The standard InChI is InChI=1S/C14H18BrF2NO3/c1-14(2,12(19)20)5-6-18-8-9-7-10(15)3-4-11(9)21-13(16)17/h3-4,7,13,18H,5-6,8H2,1-2H3,(H,19,20). The summed E-state index contributed by atoms with van der Waals surface area (Å²) in [6.45, 7) is 1.18. The quantitative estimate of drug-likeness (QED) is 0.690. The van der Waals surface area contributed by atoms with Gasteiger partial charge >= 0.3 is 12.6 Å². The van der Waals surface area contributed by atoms with Crippen LogP contribution in [-0.2, 0) is 11.3 Å². The monoisotopic (exact) mass is 365 g/mol. The van der Waals surface area contributed by atoms with Crippen molar-refractivity contribution in [1.29, 1.82) is 0 Å². The molecule has 0 bridgehead atoms. The zero-order valence-electron chi connectivity index (χ0n) is 11.8. The third-order valence-electron chi connectivity index (χ3n) is 3.06. The molecule has 7 heteroatoms. The molecule has 0 fully saturated rings. The van der Waals surface area contributed by atoms with E-state index in [1.54, 1.807) is 26.0 Å². The lowest BCUT2D eigenvalue weighted by Crippen LogP contribution is -2.29. The van der Waals surface area contributed by atoms with Crippen LogP contribution in [0.1, 0.15) is 25.8 Å². The van der Waals surface area contributed by atoms with Crippen LogP contribution < -0.4 is 10.1 Å². The molecule has 2 N–H and O–H groups in total. The van der Waals surface area contributed by atoms with Gasteiger partial charge in [-0.2, -0.15) is 8.78 Å². The summed E-state index contributed by atoms with van der Waals surface area (Å²) in [5.74, 6) is -0.758. The molecular formula is C14H18BrF2NO3. The van der Waals surface area contributed by atoms with Crippen molar-refractivity contribution < 1.29 is 23.4 Å². The first-order chi connectivity index (χ1) is 9.72. The van der Waals surface area contributed by atoms with Gasteiger partial charge in [0.1, 0.15) is 5.75 Å². The van der Waals surface area contributed by atoms with E-state index in [0.29, 0.717) is 25.1 Å². The first-order valence-corrected chi connectivity index (χ1v) is 7.19. The second-order valence-corrected chi connectivity index (χ2v) is 6.16. The molecule has 0 unspecified atom stereocenters. The van der Waals surface area contributed by atoms with Crippen LogP contribution in [0.25, 0.3) is 0 Å². The van der Waals surface area contributed by atoms with Crippen LogP contribution in [0.2, 0.25) is 0 Å². The summed E-state index contributed by atoms with van der Waals surface area (Å²) in [5.41, 5.74) is -0.246. The highest BCUT2D eigenvalue weighted by Crippen LogP contribution is 2.25. The number of carboxylic acids is 1. The number of aliphatic carboxylic acids is 1. The van der Waals surface area contributed by atoms with Gasteiger partial charge in [0.15, 0.2) is 0 Å². The Labute approximate surface area is 130 Å². The second kappa shape index (κ2) is 7.70. The number of carboxylic acid groups (broad SMARTS) is 1. The minimum atomic E-state index is -2.88. The van der Waals surface area contributed by atoms with E-state index in [2.05, 4.69) is 26.0 Å². The van der Waals surface area contributed by atoms with Crippen molar-refractivity contribution in [3.8, 4) is 5.75 Å². The molecule has 0 heterocycles. The second-order valence-electron chi connectivity index (χ2n) is 5.25. The molecule has 0 aliphatic rings. The minimum absolute atomic E-state index is 0.109. The lowest BCUT2D eigenvalue weighted by molar-refractivity contribution is -0.147. The van der Waals surface area contributed by atoms with Crippen LogP contribution in [0.15, 0.2) is 22.7 Å². The minimum Gasteiger partial charge on any atom is -0.481 e. The van der Waals surface area contributed by atoms with E-state index >= 15 is 0 Å². The summed E-state index contributed by atoms with van der Waals surface area (Å²) >= 11 is 3.27. The Bertz CT molecular complexity index is 495. The molecule has 4 nitrogen and oxygen atoms in total. The van der Waals surface area contributed by atoms with Crippen molar-refractivity contribution in [3.05, 3.63) is 28.2 Å². The van der Waals surface area contributed by atoms with Gasteiger partial charge in [-0.05, 0) is 45.0 Å². The number of hydrogen-bond acceptors (Lipinski definition) is 3. The number of halogens is 3. The van der Waals surface area contributed by atoms with Gasteiger partial charge in [0.2, 0.25) is 0 Å². The van der Waals surface area contributed by atoms with Gasteiger partial charge in [0, 0.05) is 16.6 Å². The number of nitrogens with one attached hydrogen (secondary N) is 1. The number of hydrogen-bond donors (Lipinski definition) is 2. The van der Waals surface area contributed by atoms with E-state index in [9.17, 15) is 13.6 Å². The van der Waals surface area contributed by atoms with Gasteiger partial charge < -0.3 is 15.2 Å². The SMILES string of the molecule is CC(C)(CCNCc1cc(Br)ccc1OC(F)F)C(=O)O. The number of alkyl halides is 2. The Hall–Kier alpha value is -1.21. The van der Waals surface area contributed by atoms with E-state index in [-0.39, 0.29) is 5.75 Å². The van der Waals surface area contributed by atoms with Crippen LogP contribution >= 0.6 is 15.9 Å². The fraction of sp³-hybridized carbons (Fsp3) is 0.500. The Kier molecular flexibility index (Phi) is 6.54. The van der Waals surface area contributed by atoms with Crippen molar-refractivity contribution in [2.24, 2.45) is 5.41 Å². The average Bonchev–Trinajstić information content (AvgIpc) is 2.37. The normalized spacial score (nSPS) is 11.7. The third kappa shape index (κ3) is 5.97. The Balaban J connectivity index is 2.58. The van der Waals surface area contributed by atoms with E-state index < -0.39 is 18.0 Å². The maximum absolute atomic E-state index is 12.3. The highest BCUT2D eigenvalue weighted by molar-refractivity contribution is 9.10. The van der Waals surface area contributed by atoms with Crippen LogP contribution in [0.3, 0.4) is 0 Å². The maximum atomic E-state index is 12.3. The van der Waals surface area contributed by atoms with Crippen LogP contribution in [0.5, 0.6) is 5.75 Å². The lowest BCUT2D eigenvalue weighted by Gasteiger charge is -2.19. The van der Waals surface area contributed by atoms with Crippen LogP contribution in [0, 0.1) is 5.41 Å². The molecule has 21 heavy (non-hydrogen) atoms. The fourth-order valence-corrected chi connectivity index (χ4v) is 2.04. The first kappa shape index (κ1) is 17.8.